The fourth-order valence-corrected chi connectivity index (χ4v) is 3.78. The number of carbonyl (C=O) groups is 2. The van der Waals surface area contributed by atoms with E-state index in [2.05, 4.69) is 19.2 Å². The Bertz CT molecular complexity index is 440. The molecular formula is C19H35N3O2. The lowest BCUT2D eigenvalue weighted by atomic mass is 9.80. The summed E-state index contributed by atoms with van der Waals surface area (Å²) in [5, 5.41) is 3.21. The molecule has 1 heterocycles. The van der Waals surface area contributed by atoms with E-state index in [0.29, 0.717) is 32.2 Å². The zero-order valence-electron chi connectivity index (χ0n) is 16.1. The van der Waals surface area contributed by atoms with E-state index >= 15 is 0 Å². The Morgan fingerprint density at radius 1 is 0.917 bits per heavy atom. The normalized spacial score (nSPS) is 25.8. The van der Waals surface area contributed by atoms with Gasteiger partial charge in [-0.15, -0.1) is 0 Å². The average Bonchev–Trinajstić information content (AvgIpc) is 2.54. The van der Waals surface area contributed by atoms with Gasteiger partial charge in [0, 0.05) is 37.6 Å². The van der Waals surface area contributed by atoms with Gasteiger partial charge in [0.2, 0.25) is 5.91 Å². The molecule has 1 aliphatic carbocycles. The van der Waals surface area contributed by atoms with Gasteiger partial charge >= 0.3 is 6.03 Å². The molecule has 0 atom stereocenters. The topological polar surface area (TPSA) is 52.7 Å². The highest BCUT2D eigenvalue weighted by molar-refractivity contribution is 5.82. The first kappa shape index (κ1) is 19.1. The maximum absolute atomic E-state index is 12.5. The third-order valence-corrected chi connectivity index (χ3v) is 5.54. The summed E-state index contributed by atoms with van der Waals surface area (Å²) < 4.78 is 0. The van der Waals surface area contributed by atoms with Crippen LogP contribution in [-0.2, 0) is 4.79 Å². The van der Waals surface area contributed by atoms with Gasteiger partial charge < -0.3 is 15.1 Å². The smallest absolute Gasteiger partial charge is 0.317 e. The van der Waals surface area contributed by atoms with E-state index in [1.54, 1.807) is 0 Å². The number of urea groups is 1. The van der Waals surface area contributed by atoms with Crippen LogP contribution in [0.5, 0.6) is 0 Å². The fourth-order valence-electron chi connectivity index (χ4n) is 3.78. The Kier molecular flexibility index (Phi) is 6.16. The van der Waals surface area contributed by atoms with Crippen LogP contribution in [0.3, 0.4) is 0 Å². The third-order valence-electron chi connectivity index (χ3n) is 5.54. The lowest BCUT2D eigenvalue weighted by Gasteiger charge is -2.38. The molecule has 1 saturated carbocycles. The van der Waals surface area contributed by atoms with Crippen molar-refractivity contribution in [1.29, 1.82) is 0 Å². The van der Waals surface area contributed by atoms with Crippen LogP contribution >= 0.6 is 0 Å². The number of nitrogens with one attached hydrogen (secondary N) is 1. The molecule has 3 amide bonds. The Hall–Kier alpha value is -1.26. The molecule has 2 aliphatic rings. The first-order valence-corrected chi connectivity index (χ1v) is 9.53. The van der Waals surface area contributed by atoms with Crippen molar-refractivity contribution >= 4 is 11.9 Å². The summed E-state index contributed by atoms with van der Waals surface area (Å²) >= 11 is 0. The molecule has 1 saturated heterocycles. The van der Waals surface area contributed by atoms with Crippen LogP contribution in [0.4, 0.5) is 4.79 Å². The Labute approximate surface area is 147 Å². The van der Waals surface area contributed by atoms with Crippen molar-refractivity contribution in [2.75, 3.05) is 26.2 Å². The van der Waals surface area contributed by atoms with Gasteiger partial charge in [-0.2, -0.15) is 0 Å². The highest BCUT2D eigenvalue weighted by atomic mass is 16.2. The fraction of sp³-hybridized carbons (Fsp3) is 0.895. The van der Waals surface area contributed by atoms with E-state index in [1.165, 1.54) is 12.8 Å². The summed E-state index contributed by atoms with van der Waals surface area (Å²) in [6.45, 7) is 13.0. The minimum absolute atomic E-state index is 0.0471. The predicted molar refractivity (Wildman–Crippen MR) is 96.7 cm³/mol. The van der Waals surface area contributed by atoms with Crippen LogP contribution in [-0.4, -0.2) is 54.0 Å². The van der Waals surface area contributed by atoms with Gasteiger partial charge in [-0.3, -0.25) is 4.79 Å². The van der Waals surface area contributed by atoms with Crippen molar-refractivity contribution in [3.05, 3.63) is 0 Å². The maximum Gasteiger partial charge on any atom is 0.317 e. The number of hydrogen-bond acceptors (Lipinski definition) is 2. The zero-order valence-corrected chi connectivity index (χ0v) is 16.1. The van der Waals surface area contributed by atoms with E-state index in [0.717, 1.165) is 24.7 Å². The average molecular weight is 338 g/mol. The number of rotatable bonds is 2. The second-order valence-electron chi connectivity index (χ2n) is 8.83. The molecule has 0 unspecified atom stereocenters. The van der Waals surface area contributed by atoms with Crippen molar-refractivity contribution in [2.45, 2.75) is 66.3 Å². The molecule has 1 aliphatic heterocycles. The Morgan fingerprint density at radius 3 is 1.88 bits per heavy atom. The van der Waals surface area contributed by atoms with Crippen LogP contribution in [0.15, 0.2) is 0 Å². The van der Waals surface area contributed by atoms with Crippen LogP contribution in [0.25, 0.3) is 0 Å². The number of nitrogens with zero attached hydrogens (tertiary/aromatic N) is 2. The van der Waals surface area contributed by atoms with Crippen LogP contribution in [0.1, 0.15) is 60.3 Å². The number of carbonyl (C=O) groups excluding carboxylic acids is 2. The first-order chi connectivity index (χ1) is 11.2. The predicted octanol–water partition coefficient (Wildman–Crippen LogP) is 3.10. The first-order valence-electron chi connectivity index (χ1n) is 9.53. The number of hydrogen-bond donors (Lipinski definition) is 1. The number of piperazine rings is 1. The number of amides is 3. The molecule has 138 valence electrons. The van der Waals surface area contributed by atoms with Crippen LogP contribution in [0, 0.1) is 17.3 Å². The van der Waals surface area contributed by atoms with Gasteiger partial charge in [0.25, 0.3) is 0 Å². The second-order valence-corrected chi connectivity index (χ2v) is 8.83. The van der Waals surface area contributed by atoms with Crippen molar-refractivity contribution in [2.24, 2.45) is 17.3 Å². The molecule has 5 heteroatoms. The van der Waals surface area contributed by atoms with Gasteiger partial charge in [0.1, 0.15) is 0 Å². The maximum atomic E-state index is 12.5. The van der Waals surface area contributed by atoms with Crippen molar-refractivity contribution in [3.63, 3.8) is 0 Å². The Morgan fingerprint density at radius 2 is 1.42 bits per heavy atom. The molecule has 0 aromatic heterocycles. The van der Waals surface area contributed by atoms with Gasteiger partial charge in [0.05, 0.1) is 0 Å². The molecular weight excluding hydrogens is 302 g/mol. The van der Waals surface area contributed by atoms with Crippen LogP contribution in [0.2, 0.25) is 0 Å². The molecule has 2 fully saturated rings. The highest BCUT2D eigenvalue weighted by Gasteiger charge is 2.31. The molecule has 2 rings (SSSR count). The van der Waals surface area contributed by atoms with E-state index in [-0.39, 0.29) is 17.4 Å². The Balaban J connectivity index is 1.75. The molecule has 5 nitrogen and oxygen atoms in total. The lowest BCUT2D eigenvalue weighted by Crippen LogP contribution is -2.56. The van der Waals surface area contributed by atoms with Gasteiger partial charge in [0.15, 0.2) is 0 Å². The molecule has 0 aromatic rings. The van der Waals surface area contributed by atoms with Gasteiger partial charge in [-0.25, -0.2) is 4.79 Å². The van der Waals surface area contributed by atoms with E-state index < -0.39 is 0 Å². The van der Waals surface area contributed by atoms with Crippen molar-refractivity contribution in [3.8, 4) is 0 Å². The minimum atomic E-state index is -0.348. The largest absolute Gasteiger partial charge is 0.339 e. The zero-order chi connectivity index (χ0) is 17.9. The molecule has 0 radical (unpaired) electrons. The van der Waals surface area contributed by atoms with Crippen LogP contribution < -0.4 is 5.32 Å². The standard InChI is InChI=1S/C19H35N3O2/c1-14(2)15-6-8-16(9-7-15)20-18(24)22-12-10-21(11-13-22)17(23)19(3,4)5/h14-16H,6-13H2,1-5H3,(H,20,24). The van der Waals surface area contributed by atoms with Gasteiger partial charge in [-0.1, -0.05) is 34.6 Å². The van der Waals surface area contributed by atoms with E-state index in [9.17, 15) is 9.59 Å². The van der Waals surface area contributed by atoms with E-state index in [1.807, 2.05) is 30.6 Å². The van der Waals surface area contributed by atoms with Gasteiger partial charge in [-0.05, 0) is 37.5 Å². The SMILES string of the molecule is CC(C)C1CCC(NC(=O)N2CCN(C(=O)C(C)(C)C)CC2)CC1. The van der Waals surface area contributed by atoms with E-state index in [4.69, 9.17) is 0 Å². The lowest BCUT2D eigenvalue weighted by molar-refractivity contribution is -0.140. The highest BCUT2D eigenvalue weighted by Crippen LogP contribution is 2.30. The molecule has 0 aromatic carbocycles. The molecule has 0 bridgehead atoms. The summed E-state index contributed by atoms with van der Waals surface area (Å²) in [6.07, 6.45) is 4.63. The van der Waals surface area contributed by atoms with Crippen molar-refractivity contribution in [1.82, 2.24) is 15.1 Å². The molecule has 1 N–H and O–H groups in total. The molecule has 24 heavy (non-hydrogen) atoms. The summed E-state index contributed by atoms with van der Waals surface area (Å²) in [4.78, 5) is 28.5. The summed E-state index contributed by atoms with van der Waals surface area (Å²) in [5.41, 5.74) is -0.348. The summed E-state index contributed by atoms with van der Waals surface area (Å²) in [5.74, 6) is 1.73. The third kappa shape index (κ3) is 4.87. The quantitative estimate of drug-likeness (QED) is 0.842. The summed E-state index contributed by atoms with van der Waals surface area (Å²) in [7, 11) is 0. The summed E-state index contributed by atoms with van der Waals surface area (Å²) in [6, 6.07) is 0.368. The monoisotopic (exact) mass is 337 g/mol. The second kappa shape index (κ2) is 7.75. The minimum Gasteiger partial charge on any atom is -0.339 e. The molecule has 0 spiro atoms. The van der Waals surface area contributed by atoms with Crippen molar-refractivity contribution < 1.29 is 9.59 Å².